The molecule has 23 heavy (non-hydrogen) atoms. The second kappa shape index (κ2) is 8.78. The topological polar surface area (TPSA) is 53.6 Å². The fourth-order valence-corrected chi connectivity index (χ4v) is 4.05. The molecule has 2 aliphatic rings. The van der Waals surface area contributed by atoms with Crippen molar-refractivity contribution in [3.05, 3.63) is 22.4 Å². The number of thiophene rings is 1. The Morgan fingerprint density at radius 1 is 1.30 bits per heavy atom. The Kier molecular flexibility index (Phi) is 6.45. The Morgan fingerprint density at radius 2 is 2.17 bits per heavy atom. The number of amides is 1. The highest BCUT2D eigenvalue weighted by Crippen LogP contribution is 2.18. The molecule has 2 saturated heterocycles. The molecular weight excluding hydrogens is 310 g/mol. The number of carbonyl (C=O) groups is 1. The number of carbonyl (C=O) groups excluding carboxylic acids is 1. The number of nitrogens with one attached hydrogen (secondary N) is 2. The zero-order valence-electron chi connectivity index (χ0n) is 13.6. The highest BCUT2D eigenvalue weighted by atomic mass is 32.1. The molecule has 2 atom stereocenters. The monoisotopic (exact) mass is 337 g/mol. The average molecular weight is 337 g/mol. The van der Waals surface area contributed by atoms with E-state index in [4.69, 9.17) is 4.74 Å². The third-order valence-corrected chi connectivity index (χ3v) is 5.59. The minimum atomic E-state index is 0.110. The van der Waals surface area contributed by atoms with Gasteiger partial charge in [0.15, 0.2) is 0 Å². The molecule has 0 spiro atoms. The lowest BCUT2D eigenvalue weighted by molar-refractivity contribution is -0.121. The lowest BCUT2D eigenvalue weighted by Gasteiger charge is -2.34. The van der Waals surface area contributed by atoms with E-state index < -0.39 is 0 Å². The van der Waals surface area contributed by atoms with Crippen LogP contribution in [-0.4, -0.2) is 55.7 Å². The molecule has 0 saturated carbocycles. The molecule has 128 valence electrons. The fourth-order valence-electron chi connectivity index (χ4n) is 3.41. The molecule has 2 N–H and O–H groups in total. The van der Waals surface area contributed by atoms with Crippen LogP contribution in [-0.2, 0) is 16.1 Å². The van der Waals surface area contributed by atoms with Gasteiger partial charge in [-0.1, -0.05) is 12.5 Å². The number of hydrogen-bond donors (Lipinski definition) is 2. The van der Waals surface area contributed by atoms with Gasteiger partial charge in [0, 0.05) is 23.9 Å². The van der Waals surface area contributed by atoms with Gasteiger partial charge in [-0.05, 0) is 37.4 Å². The van der Waals surface area contributed by atoms with Crippen molar-refractivity contribution in [2.24, 2.45) is 0 Å². The molecular formula is C17H27N3O2S. The predicted molar refractivity (Wildman–Crippen MR) is 92.6 cm³/mol. The van der Waals surface area contributed by atoms with Crippen LogP contribution in [0, 0.1) is 0 Å². The zero-order chi connectivity index (χ0) is 15.9. The van der Waals surface area contributed by atoms with E-state index in [0.717, 1.165) is 13.2 Å². The van der Waals surface area contributed by atoms with E-state index in [9.17, 15) is 4.79 Å². The number of ether oxygens (including phenoxy) is 1. The summed E-state index contributed by atoms with van der Waals surface area (Å²) in [5.74, 6) is 0.110. The van der Waals surface area contributed by atoms with Crippen LogP contribution in [0.2, 0.25) is 0 Å². The summed E-state index contributed by atoms with van der Waals surface area (Å²) >= 11 is 1.67. The van der Waals surface area contributed by atoms with Crippen LogP contribution in [0.15, 0.2) is 17.5 Å². The summed E-state index contributed by atoms with van der Waals surface area (Å²) in [7, 11) is 0. The van der Waals surface area contributed by atoms with Gasteiger partial charge in [-0.3, -0.25) is 9.69 Å². The SMILES string of the molecule is O=C(CCN[C@@H]1COC[C@H]1N1CCCCC1)NCc1cccs1. The Bertz CT molecular complexity index is 474. The van der Waals surface area contributed by atoms with Gasteiger partial charge in [-0.2, -0.15) is 0 Å². The maximum atomic E-state index is 11.9. The number of likely N-dealkylation sites (tertiary alicyclic amines) is 1. The summed E-state index contributed by atoms with van der Waals surface area (Å²) in [5, 5.41) is 8.53. The highest BCUT2D eigenvalue weighted by Gasteiger charge is 2.33. The van der Waals surface area contributed by atoms with Gasteiger partial charge in [-0.15, -0.1) is 11.3 Å². The van der Waals surface area contributed by atoms with E-state index in [1.54, 1.807) is 11.3 Å². The molecule has 0 aliphatic carbocycles. The third-order valence-electron chi connectivity index (χ3n) is 4.71. The van der Waals surface area contributed by atoms with Crippen LogP contribution >= 0.6 is 11.3 Å². The van der Waals surface area contributed by atoms with Crippen molar-refractivity contribution < 1.29 is 9.53 Å². The molecule has 3 rings (SSSR count). The summed E-state index contributed by atoms with van der Waals surface area (Å²) in [6.07, 6.45) is 4.48. The lowest BCUT2D eigenvalue weighted by Crippen LogP contribution is -2.51. The Balaban J connectivity index is 1.35. The molecule has 1 amide bonds. The molecule has 0 aromatic carbocycles. The summed E-state index contributed by atoms with van der Waals surface area (Å²) in [6, 6.07) is 4.89. The van der Waals surface area contributed by atoms with Crippen molar-refractivity contribution >= 4 is 17.2 Å². The van der Waals surface area contributed by atoms with Crippen LogP contribution in [0.3, 0.4) is 0 Å². The molecule has 6 heteroatoms. The Hall–Kier alpha value is -0.950. The van der Waals surface area contributed by atoms with E-state index in [0.29, 0.717) is 31.6 Å². The van der Waals surface area contributed by atoms with E-state index in [-0.39, 0.29) is 5.91 Å². The fraction of sp³-hybridized carbons (Fsp3) is 0.706. The van der Waals surface area contributed by atoms with Crippen LogP contribution in [0.4, 0.5) is 0 Å². The van der Waals surface area contributed by atoms with Crippen LogP contribution < -0.4 is 10.6 Å². The second-order valence-corrected chi connectivity index (χ2v) is 7.40. The molecule has 1 aromatic heterocycles. The predicted octanol–water partition coefficient (Wildman–Crippen LogP) is 1.60. The van der Waals surface area contributed by atoms with E-state index in [1.807, 2.05) is 17.5 Å². The molecule has 2 aliphatic heterocycles. The molecule has 3 heterocycles. The van der Waals surface area contributed by atoms with Crippen LogP contribution in [0.1, 0.15) is 30.6 Å². The number of rotatable bonds is 7. The standard InChI is InChI=1S/C17H27N3O2S/c21-17(19-11-14-5-4-10-23-14)6-7-18-15-12-22-13-16(15)20-8-2-1-3-9-20/h4-5,10,15-16,18H,1-3,6-9,11-13H2,(H,19,21)/t15-,16-/m1/s1. The lowest BCUT2D eigenvalue weighted by atomic mass is 10.0. The first-order valence-corrected chi connectivity index (χ1v) is 9.55. The van der Waals surface area contributed by atoms with E-state index >= 15 is 0 Å². The summed E-state index contributed by atoms with van der Waals surface area (Å²) < 4.78 is 5.67. The third kappa shape index (κ3) is 5.01. The Morgan fingerprint density at radius 3 is 2.96 bits per heavy atom. The zero-order valence-corrected chi connectivity index (χ0v) is 14.4. The molecule has 0 unspecified atom stereocenters. The number of nitrogens with zero attached hydrogens (tertiary/aromatic N) is 1. The number of piperidine rings is 1. The van der Waals surface area contributed by atoms with Gasteiger partial charge in [-0.25, -0.2) is 0 Å². The van der Waals surface area contributed by atoms with Gasteiger partial charge in [0.2, 0.25) is 5.91 Å². The normalized spacial score (nSPS) is 25.6. The molecule has 0 bridgehead atoms. The summed E-state index contributed by atoms with van der Waals surface area (Å²) in [6.45, 7) is 5.31. The molecule has 5 nitrogen and oxygen atoms in total. The van der Waals surface area contributed by atoms with Crippen molar-refractivity contribution in [1.82, 2.24) is 15.5 Å². The minimum Gasteiger partial charge on any atom is -0.378 e. The minimum absolute atomic E-state index is 0.110. The van der Waals surface area contributed by atoms with Gasteiger partial charge in [0.25, 0.3) is 0 Å². The first-order chi connectivity index (χ1) is 11.3. The molecule has 0 radical (unpaired) electrons. The van der Waals surface area contributed by atoms with Crippen molar-refractivity contribution in [1.29, 1.82) is 0 Å². The van der Waals surface area contributed by atoms with Gasteiger partial charge < -0.3 is 15.4 Å². The number of hydrogen-bond acceptors (Lipinski definition) is 5. The highest BCUT2D eigenvalue weighted by molar-refractivity contribution is 7.09. The van der Waals surface area contributed by atoms with Crippen LogP contribution in [0.5, 0.6) is 0 Å². The van der Waals surface area contributed by atoms with Crippen molar-refractivity contribution in [2.45, 2.75) is 44.3 Å². The quantitative estimate of drug-likeness (QED) is 0.793. The van der Waals surface area contributed by atoms with Gasteiger partial charge in [0.1, 0.15) is 0 Å². The van der Waals surface area contributed by atoms with Gasteiger partial charge in [0.05, 0.1) is 25.8 Å². The van der Waals surface area contributed by atoms with E-state index in [1.165, 1.54) is 37.2 Å². The van der Waals surface area contributed by atoms with Crippen molar-refractivity contribution in [3.63, 3.8) is 0 Å². The molecule has 1 aromatic rings. The van der Waals surface area contributed by atoms with Crippen LogP contribution in [0.25, 0.3) is 0 Å². The second-order valence-electron chi connectivity index (χ2n) is 6.37. The summed E-state index contributed by atoms with van der Waals surface area (Å²) in [5.41, 5.74) is 0. The molecule has 2 fully saturated rings. The average Bonchev–Trinajstić information content (AvgIpc) is 3.25. The largest absolute Gasteiger partial charge is 0.378 e. The maximum Gasteiger partial charge on any atom is 0.221 e. The maximum absolute atomic E-state index is 11.9. The Labute approximate surface area is 142 Å². The van der Waals surface area contributed by atoms with E-state index in [2.05, 4.69) is 15.5 Å². The summed E-state index contributed by atoms with van der Waals surface area (Å²) in [4.78, 5) is 15.7. The van der Waals surface area contributed by atoms with Crippen molar-refractivity contribution in [3.8, 4) is 0 Å². The smallest absolute Gasteiger partial charge is 0.221 e. The first kappa shape index (κ1) is 16.9. The first-order valence-electron chi connectivity index (χ1n) is 8.67. The van der Waals surface area contributed by atoms with Crippen molar-refractivity contribution in [2.75, 3.05) is 32.8 Å². The van der Waals surface area contributed by atoms with Gasteiger partial charge >= 0.3 is 0 Å².